The van der Waals surface area contributed by atoms with Crippen molar-refractivity contribution in [3.05, 3.63) is 35.9 Å². The van der Waals surface area contributed by atoms with Gasteiger partial charge in [-0.25, -0.2) is 4.79 Å². The van der Waals surface area contributed by atoms with Crippen molar-refractivity contribution in [1.82, 2.24) is 0 Å². The summed E-state index contributed by atoms with van der Waals surface area (Å²) in [6, 6.07) is 10.4. The molecular weight excluding hydrogens is 364 g/mol. The van der Waals surface area contributed by atoms with Gasteiger partial charge in [0.05, 0.1) is 12.7 Å². The SMILES string of the molecule is CCCCC(CCCCCCCCCCCC(O)C(=O)O)OCc1ccccc1. The molecule has 29 heavy (non-hydrogen) atoms. The van der Waals surface area contributed by atoms with E-state index in [-0.39, 0.29) is 0 Å². The maximum Gasteiger partial charge on any atom is 0.332 e. The molecule has 2 unspecified atom stereocenters. The number of carbonyl (C=O) groups is 1. The molecule has 0 fully saturated rings. The molecule has 0 aliphatic rings. The summed E-state index contributed by atoms with van der Waals surface area (Å²) in [6.45, 7) is 2.96. The lowest BCUT2D eigenvalue weighted by Crippen LogP contribution is -2.18. The van der Waals surface area contributed by atoms with E-state index in [2.05, 4.69) is 31.2 Å². The third-order valence-corrected chi connectivity index (χ3v) is 5.50. The van der Waals surface area contributed by atoms with Gasteiger partial charge in [0.2, 0.25) is 0 Å². The lowest BCUT2D eigenvalue weighted by Gasteiger charge is -2.18. The summed E-state index contributed by atoms with van der Waals surface area (Å²) in [6.07, 6.45) is 14.9. The highest BCUT2D eigenvalue weighted by atomic mass is 16.5. The van der Waals surface area contributed by atoms with Crippen LogP contribution in [0.4, 0.5) is 0 Å². The van der Waals surface area contributed by atoms with Gasteiger partial charge in [0.1, 0.15) is 0 Å². The molecule has 166 valence electrons. The van der Waals surface area contributed by atoms with Crippen molar-refractivity contribution in [1.29, 1.82) is 0 Å². The number of hydrogen-bond acceptors (Lipinski definition) is 3. The molecule has 0 heterocycles. The van der Waals surface area contributed by atoms with Crippen molar-refractivity contribution in [3.8, 4) is 0 Å². The van der Waals surface area contributed by atoms with E-state index < -0.39 is 12.1 Å². The average molecular weight is 407 g/mol. The topological polar surface area (TPSA) is 66.8 Å². The zero-order chi connectivity index (χ0) is 21.2. The van der Waals surface area contributed by atoms with Gasteiger partial charge in [0.25, 0.3) is 0 Å². The van der Waals surface area contributed by atoms with Gasteiger partial charge in [-0.2, -0.15) is 0 Å². The van der Waals surface area contributed by atoms with Gasteiger partial charge in [-0.15, -0.1) is 0 Å². The van der Waals surface area contributed by atoms with Gasteiger partial charge in [-0.05, 0) is 24.8 Å². The van der Waals surface area contributed by atoms with E-state index in [1.807, 2.05) is 6.07 Å². The lowest BCUT2D eigenvalue weighted by molar-refractivity contribution is -0.146. The van der Waals surface area contributed by atoms with E-state index in [1.165, 1.54) is 69.8 Å². The van der Waals surface area contributed by atoms with E-state index in [1.54, 1.807) is 0 Å². The van der Waals surface area contributed by atoms with Crippen LogP contribution in [0, 0.1) is 0 Å². The zero-order valence-electron chi connectivity index (χ0n) is 18.4. The molecule has 0 aliphatic heterocycles. The summed E-state index contributed by atoms with van der Waals surface area (Å²) >= 11 is 0. The normalized spacial score (nSPS) is 13.3. The van der Waals surface area contributed by atoms with Gasteiger partial charge in [0, 0.05) is 0 Å². The Morgan fingerprint density at radius 3 is 1.90 bits per heavy atom. The van der Waals surface area contributed by atoms with Crippen LogP contribution in [0.3, 0.4) is 0 Å². The van der Waals surface area contributed by atoms with Crippen LogP contribution in [0.2, 0.25) is 0 Å². The fraction of sp³-hybridized carbons (Fsp3) is 0.720. The number of rotatable bonds is 19. The number of benzene rings is 1. The van der Waals surface area contributed by atoms with Crippen molar-refractivity contribution in [2.75, 3.05) is 0 Å². The number of ether oxygens (including phenoxy) is 1. The van der Waals surface area contributed by atoms with Crippen LogP contribution in [0.5, 0.6) is 0 Å². The number of aliphatic hydroxyl groups is 1. The predicted molar refractivity (Wildman–Crippen MR) is 119 cm³/mol. The third kappa shape index (κ3) is 14.3. The maximum atomic E-state index is 10.5. The van der Waals surface area contributed by atoms with Gasteiger partial charge in [-0.3, -0.25) is 0 Å². The zero-order valence-corrected chi connectivity index (χ0v) is 18.4. The molecular formula is C25H42O4. The smallest absolute Gasteiger partial charge is 0.332 e. The summed E-state index contributed by atoms with van der Waals surface area (Å²) in [7, 11) is 0. The van der Waals surface area contributed by atoms with Crippen molar-refractivity contribution in [2.45, 2.75) is 116 Å². The molecule has 0 radical (unpaired) electrons. The molecule has 1 rings (SSSR count). The van der Waals surface area contributed by atoms with Crippen molar-refractivity contribution in [3.63, 3.8) is 0 Å². The minimum atomic E-state index is -1.19. The van der Waals surface area contributed by atoms with E-state index in [9.17, 15) is 9.90 Å². The lowest BCUT2D eigenvalue weighted by atomic mass is 10.0. The van der Waals surface area contributed by atoms with E-state index in [4.69, 9.17) is 9.84 Å². The highest BCUT2D eigenvalue weighted by Gasteiger charge is 2.11. The van der Waals surface area contributed by atoms with Crippen molar-refractivity contribution < 1.29 is 19.7 Å². The quantitative estimate of drug-likeness (QED) is 0.257. The molecule has 0 spiro atoms. The molecule has 2 atom stereocenters. The first-order valence-corrected chi connectivity index (χ1v) is 11.7. The third-order valence-electron chi connectivity index (χ3n) is 5.50. The monoisotopic (exact) mass is 406 g/mol. The average Bonchev–Trinajstić information content (AvgIpc) is 2.73. The van der Waals surface area contributed by atoms with Gasteiger partial charge in [0.15, 0.2) is 6.10 Å². The Morgan fingerprint density at radius 2 is 1.34 bits per heavy atom. The number of aliphatic carboxylic acids is 1. The summed E-state index contributed by atoms with van der Waals surface area (Å²) in [5, 5.41) is 17.8. The molecule has 0 saturated carbocycles. The standard InChI is InChI=1S/C25H42O4/c1-2-3-18-23(29-21-22-16-12-11-13-17-22)19-14-9-7-5-4-6-8-10-15-20-24(26)25(27)28/h11-13,16-17,23-24,26H,2-10,14-15,18-21H2,1H3,(H,27,28). The van der Waals surface area contributed by atoms with Crippen LogP contribution in [-0.4, -0.2) is 28.4 Å². The predicted octanol–water partition coefficient (Wildman–Crippen LogP) is 6.50. The summed E-state index contributed by atoms with van der Waals surface area (Å²) < 4.78 is 6.19. The van der Waals surface area contributed by atoms with Crippen LogP contribution in [-0.2, 0) is 16.1 Å². The molecule has 0 bridgehead atoms. The number of hydrogen-bond donors (Lipinski definition) is 2. The number of aliphatic hydroxyl groups excluding tert-OH is 1. The van der Waals surface area contributed by atoms with Crippen LogP contribution in [0.25, 0.3) is 0 Å². The molecule has 0 amide bonds. The van der Waals surface area contributed by atoms with Crippen LogP contribution < -0.4 is 0 Å². The largest absolute Gasteiger partial charge is 0.479 e. The van der Waals surface area contributed by atoms with Crippen molar-refractivity contribution in [2.24, 2.45) is 0 Å². The van der Waals surface area contributed by atoms with Gasteiger partial charge < -0.3 is 14.9 Å². The molecule has 0 aromatic heterocycles. The van der Waals surface area contributed by atoms with Crippen LogP contribution in [0.1, 0.15) is 102 Å². The van der Waals surface area contributed by atoms with E-state index >= 15 is 0 Å². The maximum absolute atomic E-state index is 10.5. The molecule has 4 heteroatoms. The number of unbranched alkanes of at least 4 members (excludes halogenated alkanes) is 9. The molecule has 0 saturated heterocycles. The molecule has 4 nitrogen and oxygen atoms in total. The highest BCUT2D eigenvalue weighted by Crippen LogP contribution is 2.17. The number of carboxylic acid groups (broad SMARTS) is 1. The first-order valence-electron chi connectivity index (χ1n) is 11.7. The Labute approximate surface area is 177 Å². The Hall–Kier alpha value is -1.39. The van der Waals surface area contributed by atoms with Crippen LogP contribution in [0.15, 0.2) is 30.3 Å². The fourth-order valence-electron chi connectivity index (χ4n) is 3.60. The first kappa shape index (κ1) is 25.6. The van der Waals surface area contributed by atoms with Gasteiger partial charge >= 0.3 is 5.97 Å². The molecule has 1 aromatic rings. The summed E-state index contributed by atoms with van der Waals surface area (Å²) in [5.41, 5.74) is 1.26. The molecule has 1 aromatic carbocycles. The van der Waals surface area contributed by atoms with E-state index in [0.717, 1.165) is 25.9 Å². The second-order valence-corrected chi connectivity index (χ2v) is 8.17. The number of carboxylic acids is 1. The molecule has 2 N–H and O–H groups in total. The minimum Gasteiger partial charge on any atom is -0.479 e. The van der Waals surface area contributed by atoms with Gasteiger partial charge in [-0.1, -0.05) is 108 Å². The van der Waals surface area contributed by atoms with E-state index in [0.29, 0.717) is 12.5 Å². The Morgan fingerprint density at radius 1 is 0.828 bits per heavy atom. The summed E-state index contributed by atoms with van der Waals surface area (Å²) in [4.78, 5) is 10.5. The molecule has 0 aliphatic carbocycles. The minimum absolute atomic E-state index is 0.376. The second-order valence-electron chi connectivity index (χ2n) is 8.17. The van der Waals surface area contributed by atoms with Crippen LogP contribution >= 0.6 is 0 Å². The fourth-order valence-corrected chi connectivity index (χ4v) is 3.60. The highest BCUT2D eigenvalue weighted by molar-refractivity contribution is 5.71. The van der Waals surface area contributed by atoms with Crippen molar-refractivity contribution >= 4 is 5.97 Å². The summed E-state index contributed by atoms with van der Waals surface area (Å²) in [5.74, 6) is -1.10. The first-order chi connectivity index (χ1) is 14.1. The Balaban J connectivity index is 2.00. The Kier molecular flexibility index (Phi) is 15.4. The Bertz CT molecular complexity index is 503. The second kappa shape index (κ2) is 17.5.